The van der Waals surface area contributed by atoms with Gasteiger partial charge in [-0.1, -0.05) is 24.3 Å². The summed E-state index contributed by atoms with van der Waals surface area (Å²) in [4.78, 5) is 12.3. The fourth-order valence-corrected chi connectivity index (χ4v) is 2.79. The van der Waals surface area contributed by atoms with Crippen LogP contribution in [-0.4, -0.2) is 30.7 Å². The lowest BCUT2D eigenvalue weighted by atomic mass is 9.94. The maximum atomic E-state index is 12.3. The molecule has 0 radical (unpaired) electrons. The fourth-order valence-electron chi connectivity index (χ4n) is 2.79. The molecule has 102 valence electrons. The molecule has 1 aromatic carbocycles. The number of ether oxygens (including phenoxy) is 1. The van der Waals surface area contributed by atoms with Crippen LogP contribution in [0.25, 0.3) is 0 Å². The van der Waals surface area contributed by atoms with Gasteiger partial charge in [0.15, 0.2) is 0 Å². The molecule has 0 spiro atoms. The molecular weight excluding hydrogens is 240 g/mol. The van der Waals surface area contributed by atoms with Crippen LogP contribution in [0.15, 0.2) is 24.3 Å². The first-order chi connectivity index (χ1) is 9.16. The Morgan fingerprint density at radius 3 is 2.95 bits per heavy atom. The van der Waals surface area contributed by atoms with Gasteiger partial charge < -0.3 is 15.4 Å². The number of hydrogen-bond donors (Lipinski definition) is 2. The molecule has 0 saturated carbocycles. The maximum absolute atomic E-state index is 12.3. The van der Waals surface area contributed by atoms with E-state index in [-0.39, 0.29) is 17.5 Å². The summed E-state index contributed by atoms with van der Waals surface area (Å²) in [5.41, 5.74) is 2.37. The van der Waals surface area contributed by atoms with Gasteiger partial charge >= 0.3 is 0 Å². The third-order valence-electron chi connectivity index (χ3n) is 4.04. The summed E-state index contributed by atoms with van der Waals surface area (Å²) in [7, 11) is 0. The van der Waals surface area contributed by atoms with Gasteiger partial charge in [-0.2, -0.15) is 0 Å². The fraction of sp³-hybridized carbons (Fsp3) is 0.533. The molecule has 0 aromatic heterocycles. The summed E-state index contributed by atoms with van der Waals surface area (Å²) >= 11 is 0. The maximum Gasteiger partial charge on any atom is 0.237 e. The van der Waals surface area contributed by atoms with Crippen molar-refractivity contribution in [3.63, 3.8) is 0 Å². The molecular formula is C15H20N2O2. The summed E-state index contributed by atoms with van der Waals surface area (Å²) in [6.45, 7) is 4.16. The largest absolute Gasteiger partial charge is 0.379 e. The van der Waals surface area contributed by atoms with Gasteiger partial charge in [0.05, 0.1) is 18.2 Å². The first kappa shape index (κ1) is 12.6. The third-order valence-corrected chi connectivity index (χ3v) is 4.04. The zero-order valence-electron chi connectivity index (χ0n) is 11.2. The first-order valence-electron chi connectivity index (χ1n) is 6.86. The Bertz CT molecular complexity index is 481. The Labute approximate surface area is 113 Å². The second-order valence-corrected chi connectivity index (χ2v) is 5.76. The average molecular weight is 260 g/mol. The van der Waals surface area contributed by atoms with Gasteiger partial charge in [-0.25, -0.2) is 0 Å². The Kier molecular flexibility index (Phi) is 3.29. The van der Waals surface area contributed by atoms with Crippen molar-refractivity contribution >= 4 is 5.91 Å². The normalized spacial score (nSPS) is 29.8. The summed E-state index contributed by atoms with van der Waals surface area (Å²) < 4.78 is 5.37. The Morgan fingerprint density at radius 1 is 1.42 bits per heavy atom. The van der Waals surface area contributed by atoms with Crippen LogP contribution in [0.5, 0.6) is 0 Å². The van der Waals surface area contributed by atoms with E-state index in [1.54, 1.807) is 0 Å². The van der Waals surface area contributed by atoms with Crippen molar-refractivity contribution in [2.75, 3.05) is 13.2 Å². The van der Waals surface area contributed by atoms with Crippen molar-refractivity contribution < 1.29 is 9.53 Å². The molecule has 1 saturated heterocycles. The van der Waals surface area contributed by atoms with E-state index in [2.05, 4.69) is 29.7 Å². The summed E-state index contributed by atoms with van der Waals surface area (Å²) in [5, 5.41) is 6.44. The molecule has 19 heavy (non-hydrogen) atoms. The number of carbonyl (C=O) groups is 1. The van der Waals surface area contributed by atoms with Gasteiger partial charge in [-0.15, -0.1) is 0 Å². The van der Waals surface area contributed by atoms with Crippen LogP contribution in [0.3, 0.4) is 0 Å². The highest BCUT2D eigenvalue weighted by molar-refractivity contribution is 5.83. The zero-order chi connectivity index (χ0) is 13.3. The minimum Gasteiger partial charge on any atom is -0.379 e. The van der Waals surface area contributed by atoms with E-state index in [4.69, 9.17) is 4.74 Å². The van der Waals surface area contributed by atoms with E-state index in [0.29, 0.717) is 6.61 Å². The molecule has 0 aliphatic carbocycles. The number of benzene rings is 1. The Balaban J connectivity index is 1.66. The molecule has 2 N–H and O–H groups in total. The van der Waals surface area contributed by atoms with Crippen molar-refractivity contribution in [3.8, 4) is 0 Å². The minimum atomic E-state index is -0.199. The molecule has 4 heteroatoms. The lowest BCUT2D eigenvalue weighted by molar-refractivity contribution is -0.125. The molecule has 3 rings (SSSR count). The van der Waals surface area contributed by atoms with E-state index in [0.717, 1.165) is 26.0 Å². The summed E-state index contributed by atoms with van der Waals surface area (Å²) in [5.74, 6) is 0.0857. The number of rotatable bonds is 2. The van der Waals surface area contributed by atoms with E-state index in [9.17, 15) is 4.79 Å². The van der Waals surface area contributed by atoms with Crippen molar-refractivity contribution in [1.29, 1.82) is 0 Å². The van der Waals surface area contributed by atoms with Crippen LogP contribution in [0.4, 0.5) is 0 Å². The SMILES string of the molecule is CC1(NC(=O)[C@@H]2Cc3ccccc3CN2)CCOC1. The summed E-state index contributed by atoms with van der Waals surface area (Å²) in [6, 6.07) is 8.16. The average Bonchev–Trinajstić information content (AvgIpc) is 2.84. The Hall–Kier alpha value is -1.39. The molecule has 1 unspecified atom stereocenters. The van der Waals surface area contributed by atoms with Gasteiger partial charge in [-0.3, -0.25) is 4.79 Å². The lowest BCUT2D eigenvalue weighted by Gasteiger charge is -2.30. The number of carbonyl (C=O) groups excluding carboxylic acids is 1. The zero-order valence-corrected chi connectivity index (χ0v) is 11.2. The molecule has 1 aromatic rings. The van der Waals surface area contributed by atoms with Crippen LogP contribution in [0.2, 0.25) is 0 Å². The molecule has 1 amide bonds. The lowest BCUT2D eigenvalue weighted by Crippen LogP contribution is -2.55. The summed E-state index contributed by atoms with van der Waals surface area (Å²) in [6.07, 6.45) is 1.65. The Morgan fingerprint density at radius 2 is 2.21 bits per heavy atom. The predicted octanol–water partition coefficient (Wildman–Crippen LogP) is 0.996. The van der Waals surface area contributed by atoms with E-state index in [1.807, 2.05) is 12.1 Å². The predicted molar refractivity (Wildman–Crippen MR) is 72.8 cm³/mol. The van der Waals surface area contributed by atoms with Crippen molar-refractivity contribution in [2.24, 2.45) is 0 Å². The second-order valence-electron chi connectivity index (χ2n) is 5.76. The van der Waals surface area contributed by atoms with Gasteiger partial charge in [-0.05, 0) is 30.9 Å². The van der Waals surface area contributed by atoms with E-state index < -0.39 is 0 Å². The number of hydrogen-bond acceptors (Lipinski definition) is 3. The molecule has 4 nitrogen and oxygen atoms in total. The van der Waals surface area contributed by atoms with Crippen LogP contribution in [-0.2, 0) is 22.5 Å². The minimum absolute atomic E-state index is 0.0857. The van der Waals surface area contributed by atoms with E-state index in [1.165, 1.54) is 11.1 Å². The van der Waals surface area contributed by atoms with Gasteiger partial charge in [0.25, 0.3) is 0 Å². The van der Waals surface area contributed by atoms with Crippen LogP contribution in [0, 0.1) is 0 Å². The molecule has 2 heterocycles. The van der Waals surface area contributed by atoms with Crippen LogP contribution >= 0.6 is 0 Å². The van der Waals surface area contributed by atoms with Crippen LogP contribution in [0.1, 0.15) is 24.5 Å². The molecule has 0 bridgehead atoms. The highest BCUT2D eigenvalue weighted by Gasteiger charge is 2.34. The van der Waals surface area contributed by atoms with Gasteiger partial charge in [0.1, 0.15) is 0 Å². The van der Waals surface area contributed by atoms with Crippen molar-refractivity contribution in [1.82, 2.24) is 10.6 Å². The van der Waals surface area contributed by atoms with E-state index >= 15 is 0 Å². The topological polar surface area (TPSA) is 50.4 Å². The number of fused-ring (bicyclic) bond motifs is 1. The van der Waals surface area contributed by atoms with Crippen molar-refractivity contribution in [3.05, 3.63) is 35.4 Å². The van der Waals surface area contributed by atoms with Gasteiger partial charge in [0, 0.05) is 13.2 Å². The monoisotopic (exact) mass is 260 g/mol. The number of nitrogens with one attached hydrogen (secondary N) is 2. The van der Waals surface area contributed by atoms with Crippen molar-refractivity contribution in [2.45, 2.75) is 37.9 Å². The standard InChI is InChI=1S/C15H20N2O2/c1-15(6-7-19-10-15)17-14(18)13-8-11-4-2-3-5-12(11)9-16-13/h2-5,13,16H,6-10H2,1H3,(H,17,18)/t13-,15?/m0/s1. The molecule has 1 fully saturated rings. The van der Waals surface area contributed by atoms with Crippen LogP contribution < -0.4 is 10.6 Å². The smallest absolute Gasteiger partial charge is 0.237 e. The first-order valence-corrected chi connectivity index (χ1v) is 6.86. The molecule has 2 atom stereocenters. The third kappa shape index (κ3) is 2.65. The van der Waals surface area contributed by atoms with Gasteiger partial charge in [0.2, 0.25) is 5.91 Å². The molecule has 2 aliphatic heterocycles. The second kappa shape index (κ2) is 4.94. The molecule has 2 aliphatic rings. The highest BCUT2D eigenvalue weighted by Crippen LogP contribution is 2.20. The quantitative estimate of drug-likeness (QED) is 0.834. The number of amides is 1. The highest BCUT2D eigenvalue weighted by atomic mass is 16.5.